The Morgan fingerprint density at radius 1 is 0.636 bits per heavy atom. The third kappa shape index (κ3) is 677. The fraction of sp³-hybridized carbons (Fsp3) is 1.00. The molecule has 0 saturated carbocycles. The molecule has 0 atom stereocenters. The molecule has 0 radical (unpaired) electrons. The summed E-state index contributed by atoms with van der Waals surface area (Å²) in [5.74, 6) is 0. The van der Waals surface area contributed by atoms with Gasteiger partial charge in [-0.2, -0.15) is 0 Å². The molecule has 0 aliphatic heterocycles. The van der Waals surface area contributed by atoms with Crippen LogP contribution in [0.5, 0.6) is 0 Å². The van der Waals surface area contributed by atoms with E-state index in [1.54, 1.807) is 41.5 Å². The van der Waals surface area contributed by atoms with E-state index in [-0.39, 0.29) is 37.7 Å². The van der Waals surface area contributed by atoms with Crippen LogP contribution in [0.3, 0.4) is 0 Å². The molecule has 64 valence electrons. The Bertz CT molecular complexity index is 55.1. The second kappa shape index (κ2) is 6.67. The van der Waals surface area contributed by atoms with Crippen molar-refractivity contribution in [2.24, 2.45) is 0 Å². The predicted molar refractivity (Wildman–Crippen MR) is 45.3 cm³/mol. The average molecular weight is 186 g/mol. The van der Waals surface area contributed by atoms with Crippen LogP contribution in [-0.4, -0.2) is 48.9 Å². The second-order valence-corrected chi connectivity index (χ2v) is 4.22. The van der Waals surface area contributed by atoms with Gasteiger partial charge in [-0.05, 0) is 0 Å². The van der Waals surface area contributed by atoms with Crippen molar-refractivity contribution in [3.05, 3.63) is 0 Å². The summed E-state index contributed by atoms with van der Waals surface area (Å²) >= 11 is 0. The summed E-state index contributed by atoms with van der Waals surface area (Å²) in [6.45, 7) is 9.79. The Morgan fingerprint density at radius 3 is 0.636 bits per heavy atom. The number of hydrogen-bond acceptors (Lipinski definition) is 2. The molecule has 0 heterocycles. The van der Waals surface area contributed by atoms with E-state index in [4.69, 9.17) is 0 Å². The molecule has 0 aromatic carbocycles. The van der Waals surface area contributed by atoms with Crippen LogP contribution in [0.25, 0.3) is 0 Å². The van der Waals surface area contributed by atoms with Gasteiger partial charge in [0.2, 0.25) is 0 Å². The fourth-order valence-electron chi connectivity index (χ4n) is 0. The van der Waals surface area contributed by atoms with Crippen LogP contribution in [0.1, 0.15) is 41.5 Å². The largest absolute Gasteiger partial charge is 2.00 e. The van der Waals surface area contributed by atoms with E-state index in [0.29, 0.717) is 0 Å². The van der Waals surface area contributed by atoms with Crippen LogP contribution in [-0.2, 0) is 0 Å². The molecular weight excluding hydrogens is 168 g/mol. The van der Waals surface area contributed by atoms with Gasteiger partial charge in [-0.1, -0.05) is 41.5 Å². The normalized spacial score (nSPS) is 10.9. The molecule has 0 aliphatic carbocycles. The molecule has 3 heteroatoms. The summed E-state index contributed by atoms with van der Waals surface area (Å²) in [4.78, 5) is 0. The monoisotopic (exact) mass is 186 g/mol. The minimum Gasteiger partial charge on any atom is -0.850 e. The molecule has 0 spiro atoms. The molecule has 0 N–H and O–H groups in total. The van der Waals surface area contributed by atoms with Crippen molar-refractivity contribution in [1.29, 1.82) is 0 Å². The Morgan fingerprint density at radius 2 is 0.636 bits per heavy atom. The maximum Gasteiger partial charge on any atom is 2.00 e. The van der Waals surface area contributed by atoms with E-state index >= 15 is 0 Å². The first-order valence-corrected chi connectivity index (χ1v) is 3.41. The van der Waals surface area contributed by atoms with Crippen molar-refractivity contribution >= 4 is 37.7 Å². The quantitative estimate of drug-likeness (QED) is 0.496. The summed E-state index contributed by atoms with van der Waals surface area (Å²) in [7, 11) is 0. The van der Waals surface area contributed by atoms with E-state index in [1.807, 2.05) is 0 Å². The van der Waals surface area contributed by atoms with Crippen molar-refractivity contribution in [2.75, 3.05) is 0 Å². The van der Waals surface area contributed by atoms with Crippen molar-refractivity contribution < 1.29 is 10.2 Å². The van der Waals surface area contributed by atoms with Crippen molar-refractivity contribution in [1.82, 2.24) is 0 Å². The van der Waals surface area contributed by atoms with Gasteiger partial charge in [-0.25, -0.2) is 0 Å². The Balaban J connectivity index is -0.000000107. The zero-order valence-electron chi connectivity index (χ0n) is 8.52. The summed E-state index contributed by atoms with van der Waals surface area (Å²) in [6, 6.07) is 0. The van der Waals surface area contributed by atoms with Gasteiger partial charge in [0.1, 0.15) is 0 Å². The zero-order chi connectivity index (χ0) is 9.00. The Kier molecular flexibility index (Phi) is 11.0. The van der Waals surface area contributed by atoms with Crippen LogP contribution in [0.2, 0.25) is 0 Å². The maximum atomic E-state index is 10.1. The van der Waals surface area contributed by atoms with Gasteiger partial charge in [0.05, 0.1) is 0 Å². The topological polar surface area (TPSA) is 46.1 Å². The number of hydrogen-bond donors (Lipinski definition) is 0. The summed E-state index contributed by atoms with van der Waals surface area (Å²) in [6.07, 6.45) is 0. The average Bonchev–Trinajstić information content (AvgIpc) is 1.12. The first kappa shape index (κ1) is 18.1. The van der Waals surface area contributed by atoms with Gasteiger partial charge in [0.25, 0.3) is 0 Å². The molecule has 2 nitrogen and oxygen atoms in total. The predicted octanol–water partition coefficient (Wildman–Crippen LogP) is -0.0904. The molecule has 0 rings (SSSR count). The maximum absolute atomic E-state index is 10.1. The van der Waals surface area contributed by atoms with Crippen LogP contribution >= 0.6 is 0 Å². The first-order valence-electron chi connectivity index (χ1n) is 3.41. The van der Waals surface area contributed by atoms with Crippen LogP contribution in [0.4, 0.5) is 0 Å². The minimum absolute atomic E-state index is 0. The summed E-state index contributed by atoms with van der Waals surface area (Å²) in [5, 5.41) is 20.2. The van der Waals surface area contributed by atoms with Crippen molar-refractivity contribution in [2.45, 2.75) is 52.7 Å². The second-order valence-electron chi connectivity index (χ2n) is 4.22. The van der Waals surface area contributed by atoms with Gasteiger partial charge in [0.15, 0.2) is 0 Å². The van der Waals surface area contributed by atoms with E-state index in [2.05, 4.69) is 0 Å². The molecular formula is C8H18CaO2. The molecule has 11 heavy (non-hydrogen) atoms. The van der Waals surface area contributed by atoms with Crippen molar-refractivity contribution in [3.63, 3.8) is 0 Å². The van der Waals surface area contributed by atoms with E-state index in [0.717, 1.165) is 0 Å². The zero-order valence-corrected chi connectivity index (χ0v) is 10.7. The van der Waals surface area contributed by atoms with Gasteiger partial charge in [-0.15, -0.1) is 11.2 Å². The van der Waals surface area contributed by atoms with E-state index in [1.165, 1.54) is 0 Å². The van der Waals surface area contributed by atoms with Gasteiger partial charge in [0, 0.05) is 0 Å². The summed E-state index contributed by atoms with van der Waals surface area (Å²) in [5.41, 5.74) is -1.50. The van der Waals surface area contributed by atoms with Gasteiger partial charge in [-0.3, -0.25) is 0 Å². The molecule has 0 saturated heterocycles. The first-order chi connectivity index (χ1) is 4.00. The van der Waals surface area contributed by atoms with Crippen LogP contribution < -0.4 is 10.2 Å². The number of rotatable bonds is 0. The SMILES string of the molecule is CC(C)(C)[O-].CC(C)(C)[O-].[Ca+2]. The molecule has 0 bridgehead atoms. The Labute approximate surface area is 100 Å². The third-order valence-corrected chi connectivity index (χ3v) is 0. The standard InChI is InChI=1S/2C4H9O.Ca/c2*1-4(2,3)5;/h2*1-3H3;/q2*-1;+2. The van der Waals surface area contributed by atoms with Crippen molar-refractivity contribution in [3.8, 4) is 0 Å². The molecule has 0 unspecified atom stereocenters. The van der Waals surface area contributed by atoms with Gasteiger partial charge < -0.3 is 10.2 Å². The van der Waals surface area contributed by atoms with E-state index < -0.39 is 11.2 Å². The molecule has 0 aromatic heterocycles. The summed E-state index contributed by atoms with van der Waals surface area (Å²) < 4.78 is 0. The minimum atomic E-state index is -0.750. The van der Waals surface area contributed by atoms with Crippen LogP contribution in [0.15, 0.2) is 0 Å². The molecule has 0 amide bonds. The molecule has 0 fully saturated rings. The third-order valence-electron chi connectivity index (χ3n) is 0. The smallest absolute Gasteiger partial charge is 0.850 e. The van der Waals surface area contributed by atoms with Crippen LogP contribution in [0, 0.1) is 0 Å². The van der Waals surface area contributed by atoms with Gasteiger partial charge >= 0.3 is 37.7 Å². The van der Waals surface area contributed by atoms with E-state index in [9.17, 15) is 10.2 Å². The molecule has 0 aliphatic rings. The fourth-order valence-corrected chi connectivity index (χ4v) is 0. The Hall–Kier alpha value is 1.18. The molecule has 0 aromatic rings.